The first kappa shape index (κ1) is 23.8. The molecular weight excluding hydrogens is 450 g/mol. The topological polar surface area (TPSA) is 30.5 Å². The lowest BCUT2D eigenvalue weighted by molar-refractivity contribution is 0.267. The molecule has 0 unspecified atom stereocenters. The van der Waals surface area contributed by atoms with E-state index in [-0.39, 0.29) is 12.4 Å². The van der Waals surface area contributed by atoms with Gasteiger partial charge in [0, 0.05) is 6.54 Å². The monoisotopic (exact) mass is 479 g/mol. The lowest BCUT2D eigenvalue weighted by Gasteiger charge is -2.16. The zero-order valence-electron chi connectivity index (χ0n) is 17.1. The van der Waals surface area contributed by atoms with E-state index in [1.54, 1.807) is 5.57 Å². The normalized spacial score (nSPS) is 13.4. The van der Waals surface area contributed by atoms with Gasteiger partial charge in [-0.25, -0.2) is 0 Å². The maximum absolute atomic E-state index is 6.07. The van der Waals surface area contributed by atoms with Gasteiger partial charge in [0.05, 0.1) is 11.1 Å². The highest BCUT2D eigenvalue weighted by molar-refractivity contribution is 9.10. The van der Waals surface area contributed by atoms with Crippen LogP contribution in [0.3, 0.4) is 0 Å². The first-order valence-corrected chi connectivity index (χ1v) is 11.1. The van der Waals surface area contributed by atoms with E-state index in [9.17, 15) is 0 Å². The molecule has 158 valence electrons. The summed E-state index contributed by atoms with van der Waals surface area (Å²) < 4.78 is 12.9. The van der Waals surface area contributed by atoms with Gasteiger partial charge in [-0.3, -0.25) is 0 Å². The summed E-state index contributed by atoms with van der Waals surface area (Å²) in [5.74, 6) is 1.56. The number of nitrogens with one attached hydrogen (secondary N) is 1. The molecule has 0 amide bonds. The van der Waals surface area contributed by atoms with E-state index in [4.69, 9.17) is 9.47 Å². The third-order valence-corrected chi connectivity index (χ3v) is 5.52. The Labute approximate surface area is 189 Å². The summed E-state index contributed by atoms with van der Waals surface area (Å²) in [6.45, 7) is 4.97. The van der Waals surface area contributed by atoms with E-state index < -0.39 is 0 Å². The predicted octanol–water partition coefficient (Wildman–Crippen LogP) is 6.83. The zero-order valence-corrected chi connectivity index (χ0v) is 19.5. The van der Waals surface area contributed by atoms with Crippen LogP contribution in [-0.4, -0.2) is 13.2 Å². The highest BCUT2D eigenvalue weighted by atomic mass is 79.9. The molecular formula is C24H31BrClNO2. The van der Waals surface area contributed by atoms with Crippen molar-refractivity contribution < 1.29 is 9.47 Å². The molecule has 0 heterocycles. The summed E-state index contributed by atoms with van der Waals surface area (Å²) in [5, 5.41) is 3.56. The van der Waals surface area contributed by atoms with Crippen LogP contribution < -0.4 is 14.8 Å². The van der Waals surface area contributed by atoms with E-state index >= 15 is 0 Å². The van der Waals surface area contributed by atoms with E-state index in [2.05, 4.69) is 51.6 Å². The van der Waals surface area contributed by atoms with Crippen molar-refractivity contribution in [3.8, 4) is 11.5 Å². The van der Waals surface area contributed by atoms with Gasteiger partial charge in [0.1, 0.15) is 6.61 Å². The van der Waals surface area contributed by atoms with E-state index in [1.807, 2.05) is 25.1 Å². The van der Waals surface area contributed by atoms with Gasteiger partial charge in [-0.1, -0.05) is 42.0 Å². The van der Waals surface area contributed by atoms with Crippen LogP contribution in [0.1, 0.15) is 50.2 Å². The summed E-state index contributed by atoms with van der Waals surface area (Å²) in [6.07, 6.45) is 8.80. The molecule has 0 fully saturated rings. The molecule has 0 bridgehead atoms. The van der Waals surface area contributed by atoms with E-state index in [0.717, 1.165) is 41.0 Å². The molecule has 1 aliphatic rings. The van der Waals surface area contributed by atoms with Crippen molar-refractivity contribution in [3.05, 3.63) is 69.7 Å². The van der Waals surface area contributed by atoms with E-state index in [0.29, 0.717) is 13.2 Å². The average Bonchev–Trinajstić information content (AvgIpc) is 2.72. The largest absolute Gasteiger partial charge is 0.490 e. The second-order valence-electron chi connectivity index (χ2n) is 7.15. The molecule has 0 radical (unpaired) electrons. The molecule has 0 spiro atoms. The van der Waals surface area contributed by atoms with Crippen LogP contribution in [0, 0.1) is 0 Å². The second-order valence-corrected chi connectivity index (χ2v) is 8.00. The summed E-state index contributed by atoms with van der Waals surface area (Å²) in [6, 6.07) is 14.4. The van der Waals surface area contributed by atoms with Gasteiger partial charge in [0.25, 0.3) is 0 Å². The molecule has 1 aliphatic carbocycles. The fraction of sp³-hybridized carbons (Fsp3) is 0.417. The van der Waals surface area contributed by atoms with Gasteiger partial charge in [-0.05, 0) is 84.8 Å². The van der Waals surface area contributed by atoms with Crippen molar-refractivity contribution in [2.45, 2.75) is 52.2 Å². The van der Waals surface area contributed by atoms with E-state index in [1.165, 1.54) is 31.2 Å². The Kier molecular flexibility index (Phi) is 10.6. The Morgan fingerprint density at radius 2 is 1.86 bits per heavy atom. The van der Waals surface area contributed by atoms with Crippen molar-refractivity contribution in [3.63, 3.8) is 0 Å². The molecule has 1 N–H and O–H groups in total. The Morgan fingerprint density at radius 3 is 2.59 bits per heavy atom. The maximum atomic E-state index is 6.07. The van der Waals surface area contributed by atoms with Crippen molar-refractivity contribution in [2.24, 2.45) is 0 Å². The second kappa shape index (κ2) is 12.9. The summed E-state index contributed by atoms with van der Waals surface area (Å²) in [4.78, 5) is 0. The van der Waals surface area contributed by atoms with Gasteiger partial charge in [0.15, 0.2) is 11.5 Å². The Bertz CT molecular complexity index is 780. The SMILES string of the molecule is CCOc1cc(CNCCC2=CCCCC2)cc(Br)c1OCc1ccccc1.Cl. The fourth-order valence-corrected chi connectivity index (χ4v) is 4.07. The van der Waals surface area contributed by atoms with Crippen LogP contribution in [0.5, 0.6) is 11.5 Å². The van der Waals surface area contributed by atoms with Crippen LogP contribution >= 0.6 is 28.3 Å². The maximum Gasteiger partial charge on any atom is 0.175 e. The number of halogens is 2. The van der Waals surface area contributed by atoms with Crippen LogP contribution in [0.15, 0.2) is 58.6 Å². The average molecular weight is 481 g/mol. The van der Waals surface area contributed by atoms with Gasteiger partial charge in [-0.2, -0.15) is 0 Å². The van der Waals surface area contributed by atoms with Crippen LogP contribution in [-0.2, 0) is 13.2 Å². The molecule has 5 heteroatoms. The first-order valence-electron chi connectivity index (χ1n) is 10.3. The van der Waals surface area contributed by atoms with Crippen molar-refractivity contribution >= 4 is 28.3 Å². The number of allylic oxidation sites excluding steroid dienone is 1. The molecule has 0 aliphatic heterocycles. The molecule has 0 aromatic heterocycles. The van der Waals surface area contributed by atoms with Gasteiger partial charge < -0.3 is 14.8 Å². The minimum atomic E-state index is 0. The highest BCUT2D eigenvalue weighted by Gasteiger charge is 2.13. The molecule has 0 saturated heterocycles. The summed E-state index contributed by atoms with van der Waals surface area (Å²) in [7, 11) is 0. The highest BCUT2D eigenvalue weighted by Crippen LogP contribution is 2.37. The minimum absolute atomic E-state index is 0. The van der Waals surface area contributed by atoms with Gasteiger partial charge in [-0.15, -0.1) is 12.4 Å². The standard InChI is InChI=1S/C24H30BrNO2.ClH/c1-2-27-23-16-21(17-26-14-13-19-9-5-3-6-10-19)15-22(25)24(23)28-18-20-11-7-4-8-12-20;/h4,7-9,11-12,15-16,26H,2-3,5-6,10,13-14,17-18H2,1H3;1H. The summed E-state index contributed by atoms with van der Waals surface area (Å²) in [5.41, 5.74) is 3.94. The Hall–Kier alpha value is -1.49. The molecule has 29 heavy (non-hydrogen) atoms. The number of ether oxygens (including phenoxy) is 2. The lowest BCUT2D eigenvalue weighted by atomic mass is 9.97. The number of benzene rings is 2. The minimum Gasteiger partial charge on any atom is -0.490 e. The zero-order chi connectivity index (χ0) is 19.6. The first-order chi connectivity index (χ1) is 13.8. The smallest absolute Gasteiger partial charge is 0.175 e. The van der Waals surface area contributed by atoms with Gasteiger partial charge >= 0.3 is 0 Å². The Balaban J connectivity index is 0.00000300. The molecule has 0 saturated carbocycles. The van der Waals surface area contributed by atoms with Crippen LogP contribution in [0.4, 0.5) is 0 Å². The summed E-state index contributed by atoms with van der Waals surface area (Å²) >= 11 is 3.67. The third-order valence-electron chi connectivity index (χ3n) is 4.93. The fourth-order valence-electron chi connectivity index (χ4n) is 3.47. The van der Waals surface area contributed by atoms with Crippen molar-refractivity contribution in [2.75, 3.05) is 13.2 Å². The molecule has 2 aromatic carbocycles. The number of rotatable bonds is 10. The number of hydrogen-bond acceptors (Lipinski definition) is 3. The quantitative estimate of drug-likeness (QED) is 0.299. The molecule has 3 rings (SSSR count). The van der Waals surface area contributed by atoms with Gasteiger partial charge in [0.2, 0.25) is 0 Å². The van der Waals surface area contributed by atoms with Crippen LogP contribution in [0.25, 0.3) is 0 Å². The molecule has 0 atom stereocenters. The van der Waals surface area contributed by atoms with Crippen molar-refractivity contribution in [1.29, 1.82) is 0 Å². The predicted molar refractivity (Wildman–Crippen MR) is 126 cm³/mol. The number of hydrogen-bond donors (Lipinski definition) is 1. The Morgan fingerprint density at radius 1 is 1.03 bits per heavy atom. The van der Waals surface area contributed by atoms with Crippen LogP contribution in [0.2, 0.25) is 0 Å². The molecule has 3 nitrogen and oxygen atoms in total. The third kappa shape index (κ3) is 7.69. The lowest BCUT2D eigenvalue weighted by Crippen LogP contribution is -2.16. The van der Waals surface area contributed by atoms with Crippen molar-refractivity contribution in [1.82, 2.24) is 5.32 Å². The molecule has 2 aromatic rings.